The fourth-order valence-corrected chi connectivity index (χ4v) is 7.57. The van der Waals surface area contributed by atoms with Gasteiger partial charge in [0.25, 0.3) is 5.91 Å². The van der Waals surface area contributed by atoms with Crippen molar-refractivity contribution in [2.24, 2.45) is 0 Å². The van der Waals surface area contributed by atoms with Gasteiger partial charge < -0.3 is 30.2 Å². The van der Waals surface area contributed by atoms with Crippen molar-refractivity contribution in [3.05, 3.63) is 59.9 Å². The Bertz CT molecular complexity index is 1600. The summed E-state index contributed by atoms with van der Waals surface area (Å²) in [5, 5.41) is 5.76. The highest BCUT2D eigenvalue weighted by Gasteiger charge is 2.40. The van der Waals surface area contributed by atoms with Crippen LogP contribution in [0.4, 0.5) is 0 Å². The molecule has 260 valence electrons. The number of rotatable bonds is 8. The van der Waals surface area contributed by atoms with Crippen LogP contribution in [0.2, 0.25) is 0 Å². The standard InChI is InChI=1S/C33H45N7O7S/c1-37(2)17-16-35-32(44)28-9-11-30(42)38(3)21-31(43)40-20-25(36-29(41)10-8-23-12-14-34-15-13-23)19-26(40)22-48(46,47)27-7-5-6-24(18-27)33(45)39(28)4/h5-7,12-15,18,25-26,28H,8-11,16-17,19-22H2,1-4H3,(H,35,44)(H,36,41)/t25-,26+,28+/m1/s1. The van der Waals surface area contributed by atoms with Crippen LogP contribution >= 0.6 is 0 Å². The fourth-order valence-electron chi connectivity index (χ4n) is 5.96. The Kier molecular flexibility index (Phi) is 12.3. The predicted octanol–water partition coefficient (Wildman–Crippen LogP) is -0.0556. The van der Waals surface area contributed by atoms with Gasteiger partial charge in [-0.15, -0.1) is 0 Å². The number of aryl methyl sites for hydroxylation is 1. The van der Waals surface area contributed by atoms with E-state index < -0.39 is 57.3 Å². The number of benzene rings is 1. The number of nitrogens with zero attached hydrogens (tertiary/aromatic N) is 5. The zero-order valence-corrected chi connectivity index (χ0v) is 28.7. The third-order valence-corrected chi connectivity index (χ3v) is 10.5. The van der Waals surface area contributed by atoms with Crippen LogP contribution in [-0.2, 0) is 35.4 Å². The Balaban J connectivity index is 1.58. The van der Waals surface area contributed by atoms with Gasteiger partial charge >= 0.3 is 0 Å². The molecule has 0 unspecified atom stereocenters. The Morgan fingerprint density at radius 3 is 2.48 bits per heavy atom. The molecule has 4 rings (SSSR count). The number of sulfone groups is 1. The molecule has 48 heavy (non-hydrogen) atoms. The van der Waals surface area contributed by atoms with E-state index in [1.54, 1.807) is 12.4 Å². The molecule has 0 spiro atoms. The van der Waals surface area contributed by atoms with Crippen LogP contribution in [0.15, 0.2) is 53.7 Å². The Morgan fingerprint density at radius 1 is 1.04 bits per heavy atom. The SMILES string of the molecule is CN(C)CCNC(=O)[C@@H]1CCC(=O)N(C)CC(=O)N2C[C@H](NC(=O)CCc3ccncc3)C[C@H]2CS(=O)(=O)c2cccc(c2)C(=O)N1C. The van der Waals surface area contributed by atoms with Gasteiger partial charge in [-0.05, 0) is 69.3 Å². The molecule has 2 N–H and O–H groups in total. The second kappa shape index (κ2) is 16.2. The number of amides is 5. The second-order valence-corrected chi connectivity index (χ2v) is 14.7. The number of fused-ring (bicyclic) bond motifs is 3. The molecule has 15 heteroatoms. The number of aromatic nitrogens is 1. The van der Waals surface area contributed by atoms with Crippen molar-refractivity contribution in [3.63, 3.8) is 0 Å². The van der Waals surface area contributed by atoms with Crippen molar-refractivity contribution in [2.45, 2.75) is 55.1 Å². The summed E-state index contributed by atoms with van der Waals surface area (Å²) in [4.78, 5) is 76.2. The fraction of sp³-hybridized carbons (Fsp3) is 0.515. The van der Waals surface area contributed by atoms with E-state index in [0.717, 1.165) is 5.56 Å². The molecule has 2 aliphatic rings. The van der Waals surface area contributed by atoms with Crippen molar-refractivity contribution >= 4 is 39.4 Å². The Morgan fingerprint density at radius 2 is 1.77 bits per heavy atom. The highest BCUT2D eigenvalue weighted by Crippen LogP contribution is 2.25. The van der Waals surface area contributed by atoms with E-state index in [4.69, 9.17) is 0 Å². The van der Waals surface area contributed by atoms with Crippen molar-refractivity contribution in [2.75, 3.05) is 60.1 Å². The molecule has 14 nitrogen and oxygen atoms in total. The molecule has 0 radical (unpaired) electrons. The van der Waals surface area contributed by atoms with Crippen LogP contribution < -0.4 is 10.6 Å². The van der Waals surface area contributed by atoms with Gasteiger partial charge in [0, 0.05) is 76.6 Å². The normalized spacial score (nSPS) is 22.1. The van der Waals surface area contributed by atoms with E-state index in [0.29, 0.717) is 19.5 Å². The second-order valence-electron chi connectivity index (χ2n) is 12.7. The summed E-state index contributed by atoms with van der Waals surface area (Å²) in [6.45, 7) is 0.652. The summed E-state index contributed by atoms with van der Waals surface area (Å²) in [6.07, 6.45) is 4.09. The van der Waals surface area contributed by atoms with Crippen LogP contribution in [0.25, 0.3) is 0 Å². The van der Waals surface area contributed by atoms with Gasteiger partial charge in [-0.1, -0.05) is 6.07 Å². The lowest BCUT2D eigenvalue weighted by atomic mass is 10.1. The maximum absolute atomic E-state index is 13.8. The number of likely N-dealkylation sites (N-methyl/N-ethyl adjacent to an activating group) is 3. The first kappa shape index (κ1) is 36.5. The molecule has 3 atom stereocenters. The van der Waals surface area contributed by atoms with Crippen molar-refractivity contribution < 1.29 is 32.4 Å². The number of nitrogens with one attached hydrogen (secondary N) is 2. The maximum atomic E-state index is 13.8. The largest absolute Gasteiger partial charge is 0.353 e. The summed E-state index contributed by atoms with van der Waals surface area (Å²) in [5.41, 5.74) is 1.02. The molecule has 1 fully saturated rings. The smallest absolute Gasteiger partial charge is 0.254 e. The van der Waals surface area contributed by atoms with E-state index in [-0.39, 0.29) is 55.1 Å². The summed E-state index contributed by atoms with van der Waals surface area (Å²) in [7, 11) is 2.61. The number of pyridine rings is 1. The summed E-state index contributed by atoms with van der Waals surface area (Å²) in [6, 6.07) is 6.97. The van der Waals surface area contributed by atoms with Crippen LogP contribution in [0.3, 0.4) is 0 Å². The molecule has 3 heterocycles. The summed E-state index contributed by atoms with van der Waals surface area (Å²) in [5.74, 6) is -2.55. The van der Waals surface area contributed by atoms with Crippen molar-refractivity contribution in [3.8, 4) is 0 Å². The summed E-state index contributed by atoms with van der Waals surface area (Å²) >= 11 is 0. The first-order valence-electron chi connectivity index (χ1n) is 16.0. The minimum absolute atomic E-state index is 0.00860. The lowest BCUT2D eigenvalue weighted by Gasteiger charge is -2.30. The molecule has 1 aromatic carbocycles. The highest BCUT2D eigenvalue weighted by molar-refractivity contribution is 7.91. The molecule has 1 saturated heterocycles. The molecule has 1 aromatic heterocycles. The topological polar surface area (TPSA) is 169 Å². The van der Waals surface area contributed by atoms with Gasteiger partial charge in [0.15, 0.2) is 9.84 Å². The zero-order chi connectivity index (χ0) is 35.0. The predicted molar refractivity (Wildman–Crippen MR) is 177 cm³/mol. The van der Waals surface area contributed by atoms with Gasteiger partial charge in [-0.25, -0.2) is 8.42 Å². The number of carbonyl (C=O) groups is 5. The number of carbonyl (C=O) groups excluding carboxylic acids is 5. The molecule has 0 saturated carbocycles. The van der Waals surface area contributed by atoms with Crippen molar-refractivity contribution in [1.82, 2.24) is 35.2 Å². The first-order valence-corrected chi connectivity index (χ1v) is 17.6. The minimum Gasteiger partial charge on any atom is -0.353 e. The number of hydrogen-bond acceptors (Lipinski definition) is 9. The van der Waals surface area contributed by atoms with E-state index in [2.05, 4.69) is 15.6 Å². The maximum Gasteiger partial charge on any atom is 0.254 e. The quantitative estimate of drug-likeness (QED) is 0.387. The van der Waals surface area contributed by atoms with Crippen LogP contribution in [0, 0.1) is 0 Å². The van der Waals surface area contributed by atoms with E-state index in [1.807, 2.05) is 31.1 Å². The molecule has 2 aromatic rings. The summed E-state index contributed by atoms with van der Waals surface area (Å²) < 4.78 is 27.5. The first-order chi connectivity index (χ1) is 22.7. The average Bonchev–Trinajstić information content (AvgIpc) is 3.44. The van der Waals surface area contributed by atoms with Crippen molar-refractivity contribution in [1.29, 1.82) is 0 Å². The molecular formula is C33H45N7O7S. The van der Waals surface area contributed by atoms with Crippen LogP contribution in [0.5, 0.6) is 0 Å². The Hall–Kier alpha value is -4.37. The minimum atomic E-state index is -4.03. The van der Waals surface area contributed by atoms with E-state index in [9.17, 15) is 32.4 Å². The zero-order valence-electron chi connectivity index (χ0n) is 27.9. The van der Waals surface area contributed by atoms with Gasteiger partial charge in [0.1, 0.15) is 6.04 Å². The molecule has 2 aliphatic heterocycles. The third kappa shape index (κ3) is 9.60. The molecular weight excluding hydrogens is 638 g/mol. The number of hydrogen-bond donors (Lipinski definition) is 2. The monoisotopic (exact) mass is 683 g/mol. The average molecular weight is 684 g/mol. The third-order valence-electron chi connectivity index (χ3n) is 8.72. The molecule has 2 bridgehead atoms. The molecule has 0 aliphatic carbocycles. The van der Waals surface area contributed by atoms with Crippen LogP contribution in [-0.4, -0.2) is 141 Å². The molecule has 5 amide bonds. The van der Waals surface area contributed by atoms with Gasteiger partial charge in [-0.2, -0.15) is 0 Å². The highest BCUT2D eigenvalue weighted by atomic mass is 32.2. The van der Waals surface area contributed by atoms with Gasteiger partial charge in [0.05, 0.1) is 17.2 Å². The lowest BCUT2D eigenvalue weighted by Crippen LogP contribution is -2.50. The van der Waals surface area contributed by atoms with E-state index >= 15 is 0 Å². The van der Waals surface area contributed by atoms with E-state index in [1.165, 1.54) is 53.1 Å². The van der Waals surface area contributed by atoms with Crippen LogP contribution in [0.1, 0.15) is 41.6 Å². The van der Waals surface area contributed by atoms with Gasteiger partial charge in [0.2, 0.25) is 23.6 Å². The van der Waals surface area contributed by atoms with Gasteiger partial charge in [-0.3, -0.25) is 29.0 Å². The Labute approximate surface area is 281 Å². The lowest BCUT2D eigenvalue weighted by molar-refractivity contribution is -0.140.